The zero-order valence-corrected chi connectivity index (χ0v) is 10.6. The number of aromatic nitrogens is 2. The molecule has 1 aromatic heterocycles. The van der Waals surface area contributed by atoms with Crippen LogP contribution in [-0.2, 0) is 12.8 Å². The number of hydrogen-bond donors (Lipinski definition) is 1. The summed E-state index contributed by atoms with van der Waals surface area (Å²) in [6.07, 6.45) is 3.09. The maximum absolute atomic E-state index is 8.71. The average Bonchev–Trinajstić information content (AvgIpc) is 2.80. The maximum Gasteiger partial charge on any atom is 0.226 e. The predicted octanol–water partition coefficient (Wildman–Crippen LogP) is 2.28. The summed E-state index contributed by atoms with van der Waals surface area (Å²) in [4.78, 5) is 4.36. The lowest BCUT2D eigenvalue weighted by atomic mass is 10.1. The molecule has 0 amide bonds. The first-order chi connectivity index (χ1) is 8.79. The van der Waals surface area contributed by atoms with Gasteiger partial charge in [-0.15, -0.1) is 0 Å². The quantitative estimate of drug-likeness (QED) is 0.794. The molecule has 0 unspecified atom stereocenters. The van der Waals surface area contributed by atoms with Crippen molar-refractivity contribution in [3.63, 3.8) is 0 Å². The highest BCUT2D eigenvalue weighted by molar-refractivity contribution is 5.27. The number of benzene rings is 1. The van der Waals surface area contributed by atoms with Crippen LogP contribution in [-0.4, -0.2) is 21.9 Å². The standard InChI is InChI=1S/C14H18N2O2/c1-11-6-2-3-7-12(11)10-13-15-14(18-16-13)8-4-5-9-17/h2-3,6-7,17H,4-5,8-10H2,1H3. The smallest absolute Gasteiger partial charge is 0.226 e. The second-order valence-corrected chi connectivity index (χ2v) is 4.39. The zero-order valence-electron chi connectivity index (χ0n) is 10.6. The Morgan fingerprint density at radius 3 is 2.83 bits per heavy atom. The maximum atomic E-state index is 8.71. The van der Waals surface area contributed by atoms with Crippen molar-refractivity contribution in [2.75, 3.05) is 6.61 Å². The molecule has 0 radical (unpaired) electrons. The van der Waals surface area contributed by atoms with E-state index in [4.69, 9.17) is 9.63 Å². The Morgan fingerprint density at radius 1 is 1.22 bits per heavy atom. The monoisotopic (exact) mass is 246 g/mol. The van der Waals surface area contributed by atoms with Crippen LogP contribution < -0.4 is 0 Å². The lowest BCUT2D eigenvalue weighted by Crippen LogP contribution is -1.94. The Balaban J connectivity index is 1.96. The number of rotatable bonds is 6. The minimum atomic E-state index is 0.213. The third-order valence-corrected chi connectivity index (χ3v) is 2.92. The summed E-state index contributed by atoms with van der Waals surface area (Å²) in [7, 11) is 0. The minimum absolute atomic E-state index is 0.213. The summed E-state index contributed by atoms with van der Waals surface area (Å²) in [5.74, 6) is 1.38. The molecule has 1 N–H and O–H groups in total. The average molecular weight is 246 g/mol. The molecule has 1 heterocycles. The van der Waals surface area contributed by atoms with Crippen LogP contribution in [0.4, 0.5) is 0 Å². The van der Waals surface area contributed by atoms with Gasteiger partial charge >= 0.3 is 0 Å². The number of nitrogens with zero attached hydrogens (tertiary/aromatic N) is 2. The summed E-state index contributed by atoms with van der Waals surface area (Å²) < 4.78 is 5.18. The van der Waals surface area contributed by atoms with E-state index in [2.05, 4.69) is 29.2 Å². The van der Waals surface area contributed by atoms with Gasteiger partial charge in [0, 0.05) is 19.4 Å². The van der Waals surface area contributed by atoms with Gasteiger partial charge in [-0.2, -0.15) is 4.98 Å². The number of hydrogen-bond acceptors (Lipinski definition) is 4. The molecule has 96 valence electrons. The lowest BCUT2D eigenvalue weighted by Gasteiger charge is -2.00. The van der Waals surface area contributed by atoms with Gasteiger partial charge in [-0.3, -0.25) is 0 Å². The molecule has 0 fully saturated rings. The molecule has 18 heavy (non-hydrogen) atoms. The largest absolute Gasteiger partial charge is 0.396 e. The first-order valence-corrected chi connectivity index (χ1v) is 6.26. The van der Waals surface area contributed by atoms with Crippen molar-refractivity contribution >= 4 is 0 Å². The molecule has 4 nitrogen and oxygen atoms in total. The normalized spacial score (nSPS) is 10.8. The van der Waals surface area contributed by atoms with E-state index in [9.17, 15) is 0 Å². The number of aliphatic hydroxyl groups excluding tert-OH is 1. The van der Waals surface area contributed by atoms with Crippen LogP contribution in [0.5, 0.6) is 0 Å². The lowest BCUT2D eigenvalue weighted by molar-refractivity contribution is 0.280. The number of aryl methyl sites for hydroxylation is 2. The van der Waals surface area contributed by atoms with Crippen LogP contribution in [0.25, 0.3) is 0 Å². The van der Waals surface area contributed by atoms with Gasteiger partial charge in [0.2, 0.25) is 5.89 Å². The second kappa shape index (κ2) is 6.31. The van der Waals surface area contributed by atoms with Crippen molar-refractivity contribution < 1.29 is 9.63 Å². The highest BCUT2D eigenvalue weighted by Gasteiger charge is 2.07. The van der Waals surface area contributed by atoms with E-state index < -0.39 is 0 Å². The minimum Gasteiger partial charge on any atom is -0.396 e. The Hall–Kier alpha value is -1.68. The van der Waals surface area contributed by atoms with Gasteiger partial charge in [0.25, 0.3) is 0 Å². The first-order valence-electron chi connectivity index (χ1n) is 6.26. The fraction of sp³-hybridized carbons (Fsp3) is 0.429. The fourth-order valence-corrected chi connectivity index (χ4v) is 1.83. The van der Waals surface area contributed by atoms with E-state index in [0.717, 1.165) is 25.1 Å². The molecular formula is C14H18N2O2. The number of unbranched alkanes of at least 4 members (excludes halogenated alkanes) is 1. The van der Waals surface area contributed by atoms with Gasteiger partial charge in [0.05, 0.1) is 0 Å². The number of aliphatic hydroxyl groups is 1. The highest BCUT2D eigenvalue weighted by Crippen LogP contribution is 2.12. The van der Waals surface area contributed by atoms with Crippen molar-refractivity contribution in [1.29, 1.82) is 0 Å². The van der Waals surface area contributed by atoms with E-state index in [1.54, 1.807) is 0 Å². The van der Waals surface area contributed by atoms with Gasteiger partial charge in [-0.25, -0.2) is 0 Å². The van der Waals surface area contributed by atoms with Crippen molar-refractivity contribution in [1.82, 2.24) is 10.1 Å². The molecular weight excluding hydrogens is 228 g/mol. The Morgan fingerprint density at radius 2 is 2.06 bits per heavy atom. The molecule has 2 rings (SSSR count). The van der Waals surface area contributed by atoms with Gasteiger partial charge < -0.3 is 9.63 Å². The van der Waals surface area contributed by atoms with E-state index in [-0.39, 0.29) is 6.61 Å². The molecule has 0 bridgehead atoms. The predicted molar refractivity (Wildman–Crippen MR) is 68.3 cm³/mol. The van der Waals surface area contributed by atoms with Gasteiger partial charge in [-0.1, -0.05) is 29.4 Å². The Labute approximate surface area is 107 Å². The van der Waals surface area contributed by atoms with Gasteiger partial charge in [0.1, 0.15) is 0 Å². The van der Waals surface area contributed by atoms with Crippen LogP contribution in [0, 0.1) is 6.92 Å². The molecule has 0 saturated carbocycles. The topological polar surface area (TPSA) is 59.2 Å². The third kappa shape index (κ3) is 3.40. The molecule has 0 spiro atoms. The van der Waals surface area contributed by atoms with Gasteiger partial charge in [-0.05, 0) is 30.9 Å². The molecule has 0 saturated heterocycles. The summed E-state index contributed by atoms with van der Waals surface area (Å²) in [5.41, 5.74) is 2.46. The second-order valence-electron chi connectivity index (χ2n) is 4.39. The summed E-state index contributed by atoms with van der Waals surface area (Å²) in [5, 5.41) is 12.7. The van der Waals surface area contributed by atoms with E-state index in [0.29, 0.717) is 12.3 Å². The van der Waals surface area contributed by atoms with Crippen molar-refractivity contribution in [3.8, 4) is 0 Å². The Bertz CT molecular complexity index is 494. The van der Waals surface area contributed by atoms with E-state index in [1.165, 1.54) is 11.1 Å². The first kappa shape index (κ1) is 12.8. The van der Waals surface area contributed by atoms with Crippen LogP contribution in [0.1, 0.15) is 35.7 Å². The summed E-state index contributed by atoms with van der Waals surface area (Å²) in [6.45, 7) is 2.29. The van der Waals surface area contributed by atoms with E-state index in [1.807, 2.05) is 12.1 Å². The molecule has 1 aromatic carbocycles. The van der Waals surface area contributed by atoms with Crippen molar-refractivity contribution in [2.24, 2.45) is 0 Å². The molecule has 4 heteroatoms. The SMILES string of the molecule is Cc1ccccc1Cc1noc(CCCCO)n1. The van der Waals surface area contributed by atoms with Crippen LogP contribution >= 0.6 is 0 Å². The van der Waals surface area contributed by atoms with Crippen LogP contribution in [0.15, 0.2) is 28.8 Å². The third-order valence-electron chi connectivity index (χ3n) is 2.92. The van der Waals surface area contributed by atoms with Crippen molar-refractivity contribution in [3.05, 3.63) is 47.1 Å². The van der Waals surface area contributed by atoms with Crippen molar-refractivity contribution in [2.45, 2.75) is 32.6 Å². The zero-order chi connectivity index (χ0) is 12.8. The molecule has 2 aromatic rings. The highest BCUT2D eigenvalue weighted by atomic mass is 16.5. The molecule has 0 atom stereocenters. The Kier molecular flexibility index (Phi) is 4.47. The summed E-state index contributed by atoms with van der Waals surface area (Å²) in [6, 6.07) is 8.20. The van der Waals surface area contributed by atoms with E-state index >= 15 is 0 Å². The molecule has 0 aliphatic heterocycles. The van der Waals surface area contributed by atoms with Crippen LogP contribution in [0.3, 0.4) is 0 Å². The molecule has 0 aliphatic carbocycles. The summed E-state index contributed by atoms with van der Waals surface area (Å²) >= 11 is 0. The van der Waals surface area contributed by atoms with Crippen LogP contribution in [0.2, 0.25) is 0 Å². The molecule has 0 aliphatic rings. The van der Waals surface area contributed by atoms with Gasteiger partial charge in [0.15, 0.2) is 5.82 Å². The fourth-order valence-electron chi connectivity index (χ4n) is 1.83.